The number of nitrogens with zero attached hydrogens (tertiary/aromatic N) is 3. The van der Waals surface area contributed by atoms with Crippen molar-refractivity contribution in [3.8, 4) is 28.8 Å². The highest BCUT2D eigenvalue weighted by Gasteiger charge is 2.60. The van der Waals surface area contributed by atoms with E-state index in [1.165, 1.54) is 0 Å². The zero-order chi connectivity index (χ0) is 23.8. The van der Waals surface area contributed by atoms with Crippen molar-refractivity contribution in [2.75, 3.05) is 0 Å². The first kappa shape index (κ1) is 23.0. The van der Waals surface area contributed by atoms with Gasteiger partial charge in [-0.1, -0.05) is 49.2 Å². The zero-order valence-electron chi connectivity index (χ0n) is 18.0. The fourth-order valence-corrected chi connectivity index (χ4v) is 3.74. The molecule has 4 rings (SSSR count). The number of nitrogens with one attached hydrogen (secondary N) is 1. The van der Waals surface area contributed by atoms with E-state index in [0.29, 0.717) is 22.0 Å². The van der Waals surface area contributed by atoms with Gasteiger partial charge < -0.3 is 10.4 Å². The third-order valence-electron chi connectivity index (χ3n) is 5.60. The Morgan fingerprint density at radius 2 is 1.79 bits per heavy atom. The van der Waals surface area contributed by atoms with Crippen LogP contribution in [-0.2, 0) is 13.0 Å². The molecule has 1 heterocycles. The van der Waals surface area contributed by atoms with Crippen molar-refractivity contribution in [1.82, 2.24) is 20.3 Å². The number of allylic oxidation sites excluding steroid dienone is 2. The summed E-state index contributed by atoms with van der Waals surface area (Å²) >= 11 is 6.37. The molecule has 2 aromatic carbocycles. The van der Waals surface area contributed by atoms with Crippen LogP contribution in [0.4, 0.5) is 13.2 Å². The minimum atomic E-state index is -4.33. The average molecular weight is 475 g/mol. The second kappa shape index (κ2) is 8.67. The van der Waals surface area contributed by atoms with Crippen LogP contribution in [0, 0.1) is 5.41 Å². The van der Waals surface area contributed by atoms with Gasteiger partial charge in [0.15, 0.2) is 11.6 Å². The van der Waals surface area contributed by atoms with Gasteiger partial charge in [-0.3, -0.25) is 0 Å². The van der Waals surface area contributed by atoms with Crippen LogP contribution in [0.1, 0.15) is 31.4 Å². The SMILES string of the molecule is CCCc1cccc(-c2nc(O)nc(-c3cc(CNC4=CC4(C)C(F)(F)F)ccc3Cl)n2)c1. The monoisotopic (exact) mass is 474 g/mol. The summed E-state index contributed by atoms with van der Waals surface area (Å²) in [4.78, 5) is 12.6. The molecule has 0 bridgehead atoms. The Bertz CT molecular complexity index is 1230. The van der Waals surface area contributed by atoms with Gasteiger partial charge in [0.2, 0.25) is 0 Å². The molecule has 9 heteroatoms. The molecule has 0 aliphatic heterocycles. The predicted molar refractivity (Wildman–Crippen MR) is 120 cm³/mol. The minimum Gasteiger partial charge on any atom is -0.479 e. The van der Waals surface area contributed by atoms with E-state index in [0.717, 1.165) is 37.0 Å². The Labute approximate surface area is 194 Å². The standard InChI is InChI=1S/C24H22ClF3N4O/c1-3-5-14-6-4-7-16(10-14)20-30-21(32-22(33)31-20)17-11-15(8-9-18(17)25)13-29-19-12-23(19,2)24(26,27)28/h4,6-12,29H,3,5,13H2,1-2H3,(H,30,31,32,33). The maximum atomic E-state index is 13.1. The molecule has 2 N–H and O–H groups in total. The van der Waals surface area contributed by atoms with Gasteiger partial charge in [0, 0.05) is 23.4 Å². The van der Waals surface area contributed by atoms with Crippen LogP contribution in [0.25, 0.3) is 22.8 Å². The van der Waals surface area contributed by atoms with E-state index >= 15 is 0 Å². The zero-order valence-corrected chi connectivity index (χ0v) is 18.8. The van der Waals surface area contributed by atoms with Crippen molar-refractivity contribution in [2.24, 2.45) is 5.41 Å². The first-order valence-electron chi connectivity index (χ1n) is 10.5. The Hall–Kier alpha value is -3.13. The van der Waals surface area contributed by atoms with E-state index in [1.807, 2.05) is 24.3 Å². The lowest BCUT2D eigenvalue weighted by molar-refractivity contribution is -0.175. The van der Waals surface area contributed by atoms with Crippen molar-refractivity contribution in [1.29, 1.82) is 0 Å². The van der Waals surface area contributed by atoms with Gasteiger partial charge in [0.05, 0.1) is 5.02 Å². The number of hydrogen-bond donors (Lipinski definition) is 2. The highest BCUT2D eigenvalue weighted by Crippen LogP contribution is 2.54. The number of alkyl halides is 3. The topological polar surface area (TPSA) is 70.9 Å². The van der Waals surface area contributed by atoms with E-state index < -0.39 is 17.6 Å². The number of rotatable bonds is 7. The molecule has 1 atom stereocenters. The van der Waals surface area contributed by atoms with Gasteiger partial charge in [-0.25, -0.2) is 4.98 Å². The summed E-state index contributed by atoms with van der Waals surface area (Å²) in [6, 6.07) is 12.3. The van der Waals surface area contributed by atoms with Crippen molar-refractivity contribution in [3.63, 3.8) is 0 Å². The molecule has 172 valence electrons. The summed E-state index contributed by atoms with van der Waals surface area (Å²) in [6.07, 6.45) is -1.27. The average Bonchev–Trinajstić information content (AvgIpc) is 3.45. The molecule has 1 aliphatic carbocycles. The smallest absolute Gasteiger partial charge is 0.403 e. The second-order valence-corrected chi connectivity index (χ2v) is 8.57. The minimum absolute atomic E-state index is 0.138. The molecule has 0 saturated carbocycles. The first-order valence-corrected chi connectivity index (χ1v) is 10.9. The van der Waals surface area contributed by atoms with Crippen molar-refractivity contribution < 1.29 is 18.3 Å². The summed E-state index contributed by atoms with van der Waals surface area (Å²) in [5.41, 5.74) is 1.24. The summed E-state index contributed by atoms with van der Waals surface area (Å²) < 4.78 is 39.2. The molecule has 0 saturated heterocycles. The predicted octanol–water partition coefficient (Wildman–Crippen LogP) is 6.07. The first-order chi connectivity index (χ1) is 15.6. The fraction of sp³-hybridized carbons (Fsp3) is 0.292. The third kappa shape index (κ3) is 4.80. The summed E-state index contributed by atoms with van der Waals surface area (Å²) in [6.45, 7) is 3.39. The van der Waals surface area contributed by atoms with E-state index in [9.17, 15) is 18.3 Å². The van der Waals surface area contributed by atoms with Crippen molar-refractivity contribution in [2.45, 2.75) is 39.4 Å². The van der Waals surface area contributed by atoms with Crippen LogP contribution in [-0.4, -0.2) is 26.2 Å². The van der Waals surface area contributed by atoms with Crippen LogP contribution in [0.5, 0.6) is 6.01 Å². The number of benzene rings is 2. The maximum Gasteiger partial charge on any atom is 0.403 e. The Kier molecular flexibility index (Phi) is 6.05. The van der Waals surface area contributed by atoms with Gasteiger partial charge in [-0.05, 0) is 48.7 Å². The molecule has 33 heavy (non-hydrogen) atoms. The quantitative estimate of drug-likeness (QED) is 0.434. The third-order valence-corrected chi connectivity index (χ3v) is 5.93. The normalized spacial score (nSPS) is 17.6. The molecule has 0 radical (unpaired) electrons. The highest BCUT2D eigenvalue weighted by atomic mass is 35.5. The fourth-order valence-electron chi connectivity index (χ4n) is 3.54. The van der Waals surface area contributed by atoms with E-state index in [1.54, 1.807) is 18.2 Å². The van der Waals surface area contributed by atoms with Crippen LogP contribution in [0.3, 0.4) is 0 Å². The lowest BCUT2D eigenvalue weighted by Gasteiger charge is -2.17. The molecule has 0 spiro atoms. The molecular formula is C24H22ClF3N4O. The Morgan fingerprint density at radius 1 is 1.03 bits per heavy atom. The van der Waals surface area contributed by atoms with E-state index in [4.69, 9.17) is 11.6 Å². The molecule has 0 amide bonds. The molecule has 5 nitrogen and oxygen atoms in total. The molecule has 1 aliphatic rings. The molecule has 0 fully saturated rings. The number of halogens is 4. The summed E-state index contributed by atoms with van der Waals surface area (Å²) in [5, 5.41) is 13.3. The molecule has 1 unspecified atom stereocenters. The Morgan fingerprint density at radius 3 is 2.48 bits per heavy atom. The van der Waals surface area contributed by atoms with Crippen molar-refractivity contribution in [3.05, 3.63) is 70.4 Å². The van der Waals surface area contributed by atoms with Gasteiger partial charge in [0.1, 0.15) is 5.41 Å². The van der Waals surface area contributed by atoms with Crippen LogP contribution < -0.4 is 5.32 Å². The van der Waals surface area contributed by atoms with E-state index in [-0.39, 0.29) is 18.1 Å². The maximum absolute atomic E-state index is 13.1. The number of hydrogen-bond acceptors (Lipinski definition) is 5. The largest absolute Gasteiger partial charge is 0.479 e. The molecule has 1 aromatic heterocycles. The van der Waals surface area contributed by atoms with E-state index in [2.05, 4.69) is 27.2 Å². The summed E-state index contributed by atoms with van der Waals surface area (Å²) in [7, 11) is 0. The van der Waals surface area contributed by atoms with Gasteiger partial charge in [-0.2, -0.15) is 23.1 Å². The van der Waals surface area contributed by atoms with Crippen molar-refractivity contribution >= 4 is 11.6 Å². The molecule has 3 aromatic rings. The van der Waals surface area contributed by atoms with Gasteiger partial charge in [0.25, 0.3) is 0 Å². The van der Waals surface area contributed by atoms with Crippen LogP contribution in [0.2, 0.25) is 5.02 Å². The summed E-state index contributed by atoms with van der Waals surface area (Å²) in [5.74, 6) is 0.482. The number of aromatic hydroxyl groups is 1. The van der Waals surface area contributed by atoms with Gasteiger partial charge in [-0.15, -0.1) is 0 Å². The highest BCUT2D eigenvalue weighted by molar-refractivity contribution is 6.33. The second-order valence-electron chi connectivity index (χ2n) is 8.16. The van der Waals surface area contributed by atoms with Crippen LogP contribution >= 0.6 is 11.6 Å². The number of aryl methyl sites for hydroxylation is 1. The Balaban J connectivity index is 1.59. The number of aromatic nitrogens is 3. The molecular weight excluding hydrogens is 453 g/mol. The lowest BCUT2D eigenvalue weighted by Crippen LogP contribution is -2.28. The van der Waals surface area contributed by atoms with Gasteiger partial charge >= 0.3 is 12.2 Å². The van der Waals surface area contributed by atoms with Crippen LogP contribution in [0.15, 0.2) is 54.2 Å². The lowest BCUT2D eigenvalue weighted by atomic mass is 10.1.